The fraction of sp³-hybridized carbons (Fsp3) is 0.250. The number of benzene rings is 1. The van der Waals surface area contributed by atoms with Gasteiger partial charge < -0.3 is 26.2 Å². The van der Waals surface area contributed by atoms with Gasteiger partial charge in [0.15, 0.2) is 6.61 Å². The fourth-order valence-corrected chi connectivity index (χ4v) is 1.24. The van der Waals surface area contributed by atoms with E-state index in [1.807, 2.05) is 0 Å². The van der Waals surface area contributed by atoms with Crippen molar-refractivity contribution in [2.45, 2.75) is 0 Å². The summed E-state index contributed by atoms with van der Waals surface area (Å²) in [7, 11) is 0. The zero-order valence-electron chi connectivity index (χ0n) is 10.6. The number of carbonyl (C=O) groups excluding carboxylic acids is 2. The predicted octanol–water partition coefficient (Wildman–Crippen LogP) is -0.837. The molecule has 1 rings (SSSR count). The van der Waals surface area contributed by atoms with Gasteiger partial charge in [-0.05, 0) is 24.3 Å². The second-order valence-electron chi connectivity index (χ2n) is 3.74. The molecule has 8 nitrogen and oxygen atoms in total. The molecule has 0 aromatic heterocycles. The van der Waals surface area contributed by atoms with E-state index in [1.165, 1.54) is 12.1 Å². The van der Waals surface area contributed by atoms with Crippen LogP contribution < -0.4 is 21.1 Å². The Hall–Kier alpha value is -2.61. The van der Waals surface area contributed by atoms with Gasteiger partial charge >= 0.3 is 5.97 Å². The minimum absolute atomic E-state index is 0.173. The molecule has 1 aromatic carbocycles. The summed E-state index contributed by atoms with van der Waals surface area (Å²) in [5.41, 5.74) is 5.58. The second kappa shape index (κ2) is 7.74. The van der Waals surface area contributed by atoms with E-state index >= 15 is 0 Å². The average Bonchev–Trinajstić information content (AvgIpc) is 2.44. The molecule has 1 aromatic rings. The third-order valence-corrected chi connectivity index (χ3v) is 2.13. The van der Waals surface area contributed by atoms with Crippen molar-refractivity contribution in [3.05, 3.63) is 24.3 Å². The van der Waals surface area contributed by atoms with E-state index in [4.69, 9.17) is 15.6 Å². The molecule has 20 heavy (non-hydrogen) atoms. The maximum atomic E-state index is 11.5. The van der Waals surface area contributed by atoms with Crippen LogP contribution in [0.5, 0.6) is 5.75 Å². The number of rotatable bonds is 7. The van der Waals surface area contributed by atoms with Crippen LogP contribution in [0.1, 0.15) is 0 Å². The number of carboxylic acid groups (broad SMARTS) is 1. The zero-order chi connectivity index (χ0) is 15.0. The van der Waals surface area contributed by atoms with E-state index in [9.17, 15) is 14.4 Å². The summed E-state index contributed by atoms with van der Waals surface area (Å²) in [5.74, 6) is -1.51. The summed E-state index contributed by atoms with van der Waals surface area (Å²) < 4.78 is 4.94. The monoisotopic (exact) mass is 281 g/mol. The lowest BCUT2D eigenvalue weighted by atomic mass is 10.3. The van der Waals surface area contributed by atoms with E-state index in [0.29, 0.717) is 11.4 Å². The minimum Gasteiger partial charge on any atom is -0.482 e. The van der Waals surface area contributed by atoms with Gasteiger partial charge in [0, 0.05) is 5.69 Å². The van der Waals surface area contributed by atoms with Crippen LogP contribution in [-0.2, 0) is 14.4 Å². The molecule has 2 amide bonds. The predicted molar refractivity (Wildman–Crippen MR) is 70.3 cm³/mol. The molecule has 0 radical (unpaired) electrons. The quantitative estimate of drug-likeness (QED) is 0.515. The molecular formula is C12H15N3O5. The van der Waals surface area contributed by atoms with Crippen LogP contribution in [0.3, 0.4) is 0 Å². The average molecular weight is 281 g/mol. The normalized spacial score (nSPS) is 9.65. The Morgan fingerprint density at radius 1 is 1.15 bits per heavy atom. The van der Waals surface area contributed by atoms with E-state index in [2.05, 4.69) is 10.6 Å². The fourth-order valence-electron chi connectivity index (χ4n) is 1.24. The highest BCUT2D eigenvalue weighted by Gasteiger charge is 2.05. The Balaban J connectivity index is 2.42. The molecule has 0 heterocycles. The number of carbonyl (C=O) groups is 3. The lowest BCUT2D eigenvalue weighted by molar-refractivity contribution is -0.139. The number of anilines is 1. The lowest BCUT2D eigenvalue weighted by Crippen LogP contribution is -2.36. The summed E-state index contributed by atoms with van der Waals surface area (Å²) in [5, 5.41) is 13.3. The number of nitrogens with two attached hydrogens (primary N) is 1. The Labute approximate surface area is 114 Å². The van der Waals surface area contributed by atoms with Crippen molar-refractivity contribution < 1.29 is 24.2 Å². The molecule has 0 aliphatic rings. The third kappa shape index (κ3) is 5.83. The first-order valence-electron chi connectivity index (χ1n) is 5.72. The highest BCUT2D eigenvalue weighted by atomic mass is 16.5. The van der Waals surface area contributed by atoms with Crippen molar-refractivity contribution in [1.29, 1.82) is 0 Å². The van der Waals surface area contributed by atoms with Gasteiger partial charge in [-0.1, -0.05) is 0 Å². The molecule has 0 saturated carbocycles. The largest absolute Gasteiger partial charge is 0.482 e. The van der Waals surface area contributed by atoms with Crippen LogP contribution in [0, 0.1) is 0 Å². The maximum absolute atomic E-state index is 11.5. The van der Waals surface area contributed by atoms with Crippen molar-refractivity contribution in [3.8, 4) is 5.75 Å². The number of hydrogen-bond donors (Lipinski definition) is 4. The number of amides is 2. The van der Waals surface area contributed by atoms with E-state index in [0.717, 1.165) is 0 Å². The van der Waals surface area contributed by atoms with Crippen LogP contribution in [0.2, 0.25) is 0 Å². The van der Waals surface area contributed by atoms with Gasteiger partial charge in [-0.25, -0.2) is 4.79 Å². The van der Waals surface area contributed by atoms with Crippen molar-refractivity contribution in [3.63, 3.8) is 0 Å². The first kappa shape index (κ1) is 15.4. The second-order valence-corrected chi connectivity index (χ2v) is 3.74. The van der Waals surface area contributed by atoms with E-state index in [-0.39, 0.29) is 13.1 Å². The van der Waals surface area contributed by atoms with Gasteiger partial charge in [0.25, 0.3) is 0 Å². The standard InChI is InChI=1S/C12H15N3O5/c13-5-10(16)14-6-11(17)15-8-1-3-9(4-2-8)20-7-12(18)19/h1-4H,5-7,13H2,(H,14,16)(H,15,17)(H,18,19). The Kier molecular flexibility index (Phi) is 5.98. The molecule has 0 atom stereocenters. The number of nitrogens with one attached hydrogen (secondary N) is 2. The number of carboxylic acids is 1. The van der Waals surface area contributed by atoms with E-state index < -0.39 is 24.4 Å². The molecule has 0 aliphatic heterocycles. The van der Waals surface area contributed by atoms with Crippen molar-refractivity contribution in [2.24, 2.45) is 5.73 Å². The van der Waals surface area contributed by atoms with Gasteiger partial charge in [0.2, 0.25) is 11.8 Å². The molecule has 8 heteroatoms. The number of aliphatic carboxylic acids is 1. The van der Waals surface area contributed by atoms with Crippen molar-refractivity contribution >= 4 is 23.5 Å². The Bertz CT molecular complexity index is 486. The maximum Gasteiger partial charge on any atom is 0.341 e. The molecule has 108 valence electrons. The smallest absolute Gasteiger partial charge is 0.341 e. The molecule has 0 aliphatic carbocycles. The van der Waals surface area contributed by atoms with Crippen molar-refractivity contribution in [2.75, 3.05) is 25.0 Å². The molecule has 0 saturated heterocycles. The van der Waals surface area contributed by atoms with Crippen LogP contribution >= 0.6 is 0 Å². The summed E-state index contributed by atoms with van der Waals surface area (Å²) in [4.78, 5) is 32.6. The Morgan fingerprint density at radius 2 is 1.80 bits per heavy atom. The lowest BCUT2D eigenvalue weighted by Gasteiger charge is -2.07. The zero-order valence-corrected chi connectivity index (χ0v) is 10.6. The van der Waals surface area contributed by atoms with Crippen LogP contribution in [0.4, 0.5) is 5.69 Å². The number of hydrogen-bond acceptors (Lipinski definition) is 5. The first-order valence-corrected chi connectivity index (χ1v) is 5.72. The molecule has 0 fully saturated rings. The van der Waals surface area contributed by atoms with Gasteiger partial charge in [-0.15, -0.1) is 0 Å². The van der Waals surface area contributed by atoms with Crippen LogP contribution in [0.15, 0.2) is 24.3 Å². The molecule has 0 bridgehead atoms. The van der Waals surface area contributed by atoms with E-state index in [1.54, 1.807) is 12.1 Å². The van der Waals surface area contributed by atoms with Gasteiger partial charge in [0.1, 0.15) is 5.75 Å². The minimum atomic E-state index is -1.07. The van der Waals surface area contributed by atoms with Gasteiger partial charge in [0.05, 0.1) is 13.1 Å². The topological polar surface area (TPSA) is 131 Å². The molecule has 0 unspecified atom stereocenters. The highest BCUT2D eigenvalue weighted by molar-refractivity contribution is 5.94. The SMILES string of the molecule is NCC(=O)NCC(=O)Nc1ccc(OCC(=O)O)cc1. The summed E-state index contributed by atoms with van der Waals surface area (Å²) in [6, 6.07) is 6.16. The van der Waals surface area contributed by atoms with Crippen LogP contribution in [-0.4, -0.2) is 42.6 Å². The summed E-state index contributed by atoms with van der Waals surface area (Å²) in [6.07, 6.45) is 0. The first-order chi connectivity index (χ1) is 9.51. The molecule has 5 N–H and O–H groups in total. The van der Waals surface area contributed by atoms with Crippen LogP contribution in [0.25, 0.3) is 0 Å². The van der Waals surface area contributed by atoms with Gasteiger partial charge in [-0.2, -0.15) is 0 Å². The summed E-state index contributed by atoms with van der Waals surface area (Å²) >= 11 is 0. The molecular weight excluding hydrogens is 266 g/mol. The summed E-state index contributed by atoms with van der Waals surface area (Å²) in [6.45, 7) is -0.785. The Morgan fingerprint density at radius 3 is 2.35 bits per heavy atom. The van der Waals surface area contributed by atoms with Crippen molar-refractivity contribution in [1.82, 2.24) is 5.32 Å². The molecule has 0 spiro atoms. The number of ether oxygens (including phenoxy) is 1. The van der Waals surface area contributed by atoms with Gasteiger partial charge in [-0.3, -0.25) is 9.59 Å². The third-order valence-electron chi connectivity index (χ3n) is 2.13. The highest BCUT2D eigenvalue weighted by Crippen LogP contribution is 2.15.